The smallest absolute Gasteiger partial charge is 0.291 e. The minimum Gasteiger partial charge on any atom is -0.491 e. The Labute approximate surface area is 153 Å². The summed E-state index contributed by atoms with van der Waals surface area (Å²) in [6.45, 7) is 5.82. The Bertz CT molecular complexity index is 1170. The highest BCUT2D eigenvalue weighted by atomic mass is 32.1. The van der Waals surface area contributed by atoms with Crippen LogP contribution in [0.2, 0.25) is 0 Å². The first-order chi connectivity index (χ1) is 12.5. The Morgan fingerprint density at radius 3 is 2.58 bits per heavy atom. The topological polar surface area (TPSA) is 69.6 Å². The molecular formula is C19H17N3O3S. The van der Waals surface area contributed by atoms with E-state index in [4.69, 9.17) is 9.15 Å². The van der Waals surface area contributed by atoms with Crippen LogP contribution in [0.3, 0.4) is 0 Å². The van der Waals surface area contributed by atoms with Crippen LogP contribution in [-0.4, -0.2) is 20.7 Å². The Hall–Kier alpha value is -2.93. The van der Waals surface area contributed by atoms with Gasteiger partial charge in [0.15, 0.2) is 5.82 Å². The van der Waals surface area contributed by atoms with E-state index in [1.165, 1.54) is 15.9 Å². The number of ether oxygens (including phenoxy) is 1. The van der Waals surface area contributed by atoms with Crippen LogP contribution in [0.15, 0.2) is 45.6 Å². The molecule has 0 amide bonds. The second-order valence-corrected chi connectivity index (χ2v) is 7.19. The summed E-state index contributed by atoms with van der Waals surface area (Å²) in [6.07, 6.45) is 1.83. The molecule has 0 unspecified atom stereocenters. The lowest BCUT2D eigenvalue weighted by molar-refractivity contribution is 0.242. The molecule has 4 rings (SSSR count). The van der Waals surface area contributed by atoms with Crippen molar-refractivity contribution in [3.8, 4) is 17.1 Å². The number of hydrogen-bond acceptors (Lipinski definition) is 6. The van der Waals surface area contributed by atoms with Crippen molar-refractivity contribution in [1.29, 1.82) is 0 Å². The standard InChI is InChI=1S/C19H17N3O3S/c1-11(2)24-14-8-5-13(6-9-14)17-20-19-22(21-17)18(23)16(26-19)10-15-7-4-12(3)25-15/h4-11H,1-3H3/b16-10-. The van der Waals surface area contributed by atoms with Crippen LogP contribution in [-0.2, 0) is 0 Å². The quantitative estimate of drug-likeness (QED) is 0.554. The third kappa shape index (κ3) is 3.13. The summed E-state index contributed by atoms with van der Waals surface area (Å²) in [5, 5.41) is 4.35. The zero-order valence-electron chi connectivity index (χ0n) is 14.6. The number of nitrogens with zero attached hydrogens (tertiary/aromatic N) is 3. The third-order valence-electron chi connectivity index (χ3n) is 3.70. The normalized spacial score (nSPS) is 12.4. The van der Waals surface area contributed by atoms with Crippen LogP contribution in [0.5, 0.6) is 5.75 Å². The van der Waals surface area contributed by atoms with E-state index in [2.05, 4.69) is 10.1 Å². The van der Waals surface area contributed by atoms with Crippen molar-refractivity contribution >= 4 is 22.4 Å². The maximum Gasteiger partial charge on any atom is 0.291 e. The van der Waals surface area contributed by atoms with Gasteiger partial charge in [0.25, 0.3) is 5.56 Å². The molecule has 7 heteroatoms. The lowest BCUT2D eigenvalue weighted by atomic mass is 10.2. The summed E-state index contributed by atoms with van der Waals surface area (Å²) < 4.78 is 13.0. The van der Waals surface area contributed by atoms with Crippen LogP contribution in [0, 0.1) is 6.92 Å². The highest BCUT2D eigenvalue weighted by molar-refractivity contribution is 7.15. The molecule has 1 aromatic carbocycles. The predicted octanol–water partition coefficient (Wildman–Crippen LogP) is 3.05. The minimum absolute atomic E-state index is 0.118. The molecule has 0 bridgehead atoms. The average Bonchev–Trinajstić information content (AvgIpc) is 3.26. The van der Waals surface area contributed by atoms with Crippen molar-refractivity contribution in [2.45, 2.75) is 26.9 Å². The van der Waals surface area contributed by atoms with Gasteiger partial charge in [0.2, 0.25) is 4.96 Å². The molecule has 3 heterocycles. The number of aromatic nitrogens is 3. The SMILES string of the molecule is Cc1ccc(/C=c2\sc3nc(-c4ccc(OC(C)C)cc4)nn3c2=O)o1. The zero-order chi connectivity index (χ0) is 18.3. The first-order valence-corrected chi connectivity index (χ1v) is 9.06. The lowest BCUT2D eigenvalue weighted by Gasteiger charge is -2.09. The van der Waals surface area contributed by atoms with E-state index in [0.717, 1.165) is 17.1 Å². The van der Waals surface area contributed by atoms with Gasteiger partial charge in [-0.15, -0.1) is 5.10 Å². The second kappa shape index (κ2) is 6.42. The zero-order valence-corrected chi connectivity index (χ0v) is 15.4. The highest BCUT2D eigenvalue weighted by Gasteiger charge is 2.12. The molecule has 0 N–H and O–H groups in total. The minimum atomic E-state index is -0.197. The van der Waals surface area contributed by atoms with E-state index in [1.807, 2.05) is 57.2 Å². The average molecular weight is 367 g/mol. The van der Waals surface area contributed by atoms with Crippen LogP contribution >= 0.6 is 11.3 Å². The van der Waals surface area contributed by atoms with Crippen molar-refractivity contribution < 1.29 is 9.15 Å². The van der Waals surface area contributed by atoms with Crippen LogP contribution in [0.25, 0.3) is 22.4 Å². The van der Waals surface area contributed by atoms with E-state index in [1.54, 1.807) is 6.08 Å². The molecule has 0 spiro atoms. The molecule has 0 aliphatic carbocycles. The van der Waals surface area contributed by atoms with Crippen molar-refractivity contribution in [3.63, 3.8) is 0 Å². The summed E-state index contributed by atoms with van der Waals surface area (Å²) in [4.78, 5) is 17.6. The van der Waals surface area contributed by atoms with E-state index in [0.29, 0.717) is 21.1 Å². The van der Waals surface area contributed by atoms with Crippen molar-refractivity contribution in [2.24, 2.45) is 0 Å². The molecule has 4 aromatic rings. The van der Waals surface area contributed by atoms with Gasteiger partial charge < -0.3 is 9.15 Å². The highest BCUT2D eigenvalue weighted by Crippen LogP contribution is 2.21. The van der Waals surface area contributed by atoms with Gasteiger partial charge in [-0.2, -0.15) is 9.50 Å². The van der Waals surface area contributed by atoms with Crippen molar-refractivity contribution in [1.82, 2.24) is 14.6 Å². The first-order valence-electron chi connectivity index (χ1n) is 8.24. The van der Waals surface area contributed by atoms with E-state index in [9.17, 15) is 4.79 Å². The van der Waals surface area contributed by atoms with Gasteiger partial charge in [-0.3, -0.25) is 4.79 Å². The van der Waals surface area contributed by atoms with Crippen LogP contribution in [0.4, 0.5) is 0 Å². The summed E-state index contributed by atoms with van der Waals surface area (Å²) in [6, 6.07) is 11.2. The van der Waals surface area contributed by atoms with Gasteiger partial charge in [-0.05, 0) is 57.2 Å². The number of rotatable bonds is 4. The molecule has 0 aliphatic rings. The summed E-state index contributed by atoms with van der Waals surface area (Å²) in [5.74, 6) is 2.75. The molecule has 26 heavy (non-hydrogen) atoms. The van der Waals surface area contributed by atoms with Gasteiger partial charge in [0.05, 0.1) is 6.10 Å². The van der Waals surface area contributed by atoms with Gasteiger partial charge in [-0.25, -0.2) is 0 Å². The molecule has 6 nitrogen and oxygen atoms in total. The van der Waals surface area contributed by atoms with Gasteiger partial charge in [-0.1, -0.05) is 11.3 Å². The molecule has 0 radical (unpaired) electrons. The number of thiazole rings is 1. The Morgan fingerprint density at radius 1 is 1.19 bits per heavy atom. The second-order valence-electron chi connectivity index (χ2n) is 6.18. The Balaban J connectivity index is 1.69. The number of fused-ring (bicyclic) bond motifs is 1. The Morgan fingerprint density at radius 2 is 1.96 bits per heavy atom. The molecule has 3 aromatic heterocycles. The van der Waals surface area contributed by atoms with E-state index < -0.39 is 0 Å². The molecule has 0 saturated carbocycles. The molecule has 0 atom stereocenters. The van der Waals surface area contributed by atoms with Crippen molar-refractivity contribution in [2.75, 3.05) is 0 Å². The fraction of sp³-hybridized carbons (Fsp3) is 0.211. The molecular weight excluding hydrogens is 350 g/mol. The molecule has 0 fully saturated rings. The first kappa shape index (κ1) is 16.5. The largest absolute Gasteiger partial charge is 0.491 e. The van der Waals surface area contributed by atoms with Gasteiger partial charge >= 0.3 is 0 Å². The summed E-state index contributed by atoms with van der Waals surface area (Å²) >= 11 is 1.29. The fourth-order valence-electron chi connectivity index (χ4n) is 2.57. The number of benzene rings is 1. The number of furan rings is 1. The van der Waals surface area contributed by atoms with E-state index in [-0.39, 0.29) is 11.7 Å². The monoisotopic (exact) mass is 367 g/mol. The maximum atomic E-state index is 12.5. The van der Waals surface area contributed by atoms with E-state index >= 15 is 0 Å². The fourth-order valence-corrected chi connectivity index (χ4v) is 3.46. The summed E-state index contributed by atoms with van der Waals surface area (Å²) in [5.41, 5.74) is 0.640. The third-order valence-corrected chi connectivity index (χ3v) is 4.66. The lowest BCUT2D eigenvalue weighted by Crippen LogP contribution is -2.23. The Kier molecular flexibility index (Phi) is 4.08. The molecule has 0 aliphatic heterocycles. The van der Waals surface area contributed by atoms with Crippen LogP contribution in [0.1, 0.15) is 25.4 Å². The number of hydrogen-bond donors (Lipinski definition) is 0. The van der Waals surface area contributed by atoms with Gasteiger partial charge in [0, 0.05) is 11.6 Å². The maximum absolute atomic E-state index is 12.5. The van der Waals surface area contributed by atoms with Gasteiger partial charge in [0.1, 0.15) is 21.8 Å². The molecule has 0 saturated heterocycles. The summed E-state index contributed by atoms with van der Waals surface area (Å²) in [7, 11) is 0. The van der Waals surface area contributed by atoms with Crippen molar-refractivity contribution in [3.05, 3.63) is 62.8 Å². The number of aryl methyl sites for hydroxylation is 1. The molecule has 132 valence electrons. The van der Waals surface area contributed by atoms with Crippen LogP contribution < -0.4 is 14.8 Å². The predicted molar refractivity (Wildman–Crippen MR) is 101 cm³/mol.